The quantitative estimate of drug-likeness (QED) is 0.870. The number of rotatable bonds is 5. The summed E-state index contributed by atoms with van der Waals surface area (Å²) in [7, 11) is 0. The van der Waals surface area contributed by atoms with E-state index in [1.807, 2.05) is 24.3 Å². The van der Waals surface area contributed by atoms with Crippen LogP contribution in [0.3, 0.4) is 0 Å². The van der Waals surface area contributed by atoms with Crippen molar-refractivity contribution in [1.29, 1.82) is 0 Å². The fourth-order valence-corrected chi connectivity index (χ4v) is 2.60. The molecule has 2 N–H and O–H groups in total. The van der Waals surface area contributed by atoms with Gasteiger partial charge >= 0.3 is 12.6 Å². The lowest BCUT2D eigenvalue weighted by Crippen LogP contribution is -2.39. The average Bonchev–Trinajstić information content (AvgIpc) is 2.60. The Labute approximate surface area is 143 Å². The number of nitrogens with zero attached hydrogens (tertiary/aromatic N) is 1. The first-order valence-corrected chi connectivity index (χ1v) is 7.77. The minimum Gasteiger partial charge on any atom is -0.493 e. The molecule has 0 bridgehead atoms. The smallest absolute Gasteiger partial charge is 0.388 e. The summed E-state index contributed by atoms with van der Waals surface area (Å²) < 4.78 is 34.2. The van der Waals surface area contributed by atoms with Gasteiger partial charge in [-0.15, -0.1) is 0 Å². The molecule has 1 aromatic carbocycles. The van der Waals surface area contributed by atoms with Gasteiger partial charge in [0.1, 0.15) is 5.75 Å². The highest BCUT2D eigenvalue weighted by molar-refractivity contribution is 5.74. The maximum atomic E-state index is 12.2. The number of fused-ring (bicyclic) bond motifs is 1. The van der Waals surface area contributed by atoms with Gasteiger partial charge in [0.25, 0.3) is 0 Å². The van der Waals surface area contributed by atoms with Crippen LogP contribution in [0, 0.1) is 0 Å². The van der Waals surface area contributed by atoms with Gasteiger partial charge < -0.3 is 20.1 Å². The zero-order chi connectivity index (χ0) is 17.6. The van der Waals surface area contributed by atoms with Gasteiger partial charge in [-0.2, -0.15) is 8.78 Å². The number of hydrogen-bond donors (Lipinski definition) is 2. The Hall–Kier alpha value is -2.90. The van der Waals surface area contributed by atoms with Crippen molar-refractivity contribution in [2.45, 2.75) is 25.6 Å². The molecule has 0 spiro atoms. The Kier molecular flexibility index (Phi) is 5.27. The highest BCUT2D eigenvalue weighted by Crippen LogP contribution is 2.31. The van der Waals surface area contributed by atoms with Crippen LogP contribution in [-0.2, 0) is 6.54 Å². The lowest BCUT2D eigenvalue weighted by Gasteiger charge is -2.26. The van der Waals surface area contributed by atoms with Crippen molar-refractivity contribution in [1.82, 2.24) is 15.6 Å². The normalized spacial score (nSPS) is 15.9. The summed E-state index contributed by atoms with van der Waals surface area (Å²) in [5, 5.41) is 5.59. The number of urea groups is 1. The summed E-state index contributed by atoms with van der Waals surface area (Å²) in [4.78, 5) is 15.8. The van der Waals surface area contributed by atoms with Gasteiger partial charge in [-0.05, 0) is 17.7 Å². The molecule has 25 heavy (non-hydrogen) atoms. The number of carbonyl (C=O) groups excluding carboxylic acids is 1. The van der Waals surface area contributed by atoms with E-state index in [9.17, 15) is 13.6 Å². The van der Waals surface area contributed by atoms with Crippen LogP contribution in [0.15, 0.2) is 42.6 Å². The summed E-state index contributed by atoms with van der Waals surface area (Å²) in [6, 6.07) is 10.0. The van der Waals surface area contributed by atoms with Crippen LogP contribution in [0.25, 0.3) is 0 Å². The second kappa shape index (κ2) is 7.78. The largest absolute Gasteiger partial charge is 0.493 e. The Morgan fingerprint density at radius 2 is 2.20 bits per heavy atom. The van der Waals surface area contributed by atoms with Crippen molar-refractivity contribution in [2.75, 3.05) is 6.61 Å². The van der Waals surface area contributed by atoms with Crippen molar-refractivity contribution >= 4 is 6.03 Å². The van der Waals surface area contributed by atoms with E-state index in [0.29, 0.717) is 18.6 Å². The molecule has 0 fully saturated rings. The van der Waals surface area contributed by atoms with E-state index in [0.717, 1.165) is 11.3 Å². The molecule has 2 heterocycles. The predicted octanol–water partition coefficient (Wildman–Crippen LogP) is 3.01. The highest BCUT2D eigenvalue weighted by Gasteiger charge is 2.22. The first kappa shape index (κ1) is 16.9. The minimum absolute atomic E-state index is 0.139. The van der Waals surface area contributed by atoms with Crippen LogP contribution in [-0.4, -0.2) is 24.2 Å². The van der Waals surface area contributed by atoms with Crippen molar-refractivity contribution < 1.29 is 23.0 Å². The molecule has 2 aromatic rings. The Bertz CT molecular complexity index is 743. The lowest BCUT2D eigenvalue weighted by molar-refractivity contribution is -0.0529. The van der Waals surface area contributed by atoms with Crippen LogP contribution in [0.5, 0.6) is 11.6 Å². The number of amides is 2. The zero-order valence-electron chi connectivity index (χ0n) is 13.2. The van der Waals surface area contributed by atoms with E-state index in [1.54, 1.807) is 6.07 Å². The number of aromatic nitrogens is 1. The standard InChI is InChI=1S/C17H17F2N3O3/c18-16(19)25-15-9-11(5-7-20-15)10-21-17(23)22-13-6-8-24-14-4-2-1-3-12(13)14/h1-5,7,9,13,16H,6,8,10H2,(H2,21,22,23)/t13-/m1/s1. The van der Waals surface area contributed by atoms with E-state index in [4.69, 9.17) is 4.74 Å². The molecule has 1 aliphatic heterocycles. The van der Waals surface area contributed by atoms with Crippen molar-refractivity contribution in [2.24, 2.45) is 0 Å². The Morgan fingerprint density at radius 1 is 1.36 bits per heavy atom. The van der Waals surface area contributed by atoms with E-state index in [-0.39, 0.29) is 24.5 Å². The maximum Gasteiger partial charge on any atom is 0.388 e. The topological polar surface area (TPSA) is 72.5 Å². The molecule has 0 saturated heterocycles. The second-order valence-electron chi connectivity index (χ2n) is 5.44. The number of hydrogen-bond acceptors (Lipinski definition) is 4. The van der Waals surface area contributed by atoms with Crippen molar-refractivity contribution in [3.05, 3.63) is 53.7 Å². The number of ether oxygens (including phenoxy) is 2. The summed E-state index contributed by atoms with van der Waals surface area (Å²) in [5.41, 5.74) is 1.54. The predicted molar refractivity (Wildman–Crippen MR) is 85.5 cm³/mol. The number of nitrogens with one attached hydrogen (secondary N) is 2. The molecule has 1 aromatic heterocycles. The van der Waals surface area contributed by atoms with Gasteiger partial charge in [0.2, 0.25) is 5.88 Å². The number of carbonyl (C=O) groups is 1. The number of halogens is 2. The van der Waals surface area contributed by atoms with Crippen LogP contribution in [0.2, 0.25) is 0 Å². The third-order valence-corrected chi connectivity index (χ3v) is 3.73. The maximum absolute atomic E-state index is 12.2. The van der Waals surface area contributed by atoms with Gasteiger partial charge in [0.15, 0.2) is 0 Å². The van der Waals surface area contributed by atoms with Crippen molar-refractivity contribution in [3.63, 3.8) is 0 Å². The van der Waals surface area contributed by atoms with E-state index in [2.05, 4.69) is 20.4 Å². The van der Waals surface area contributed by atoms with E-state index in [1.165, 1.54) is 12.3 Å². The molecule has 0 radical (unpaired) electrons. The average molecular weight is 349 g/mol. The van der Waals surface area contributed by atoms with Crippen LogP contribution in [0.1, 0.15) is 23.6 Å². The molecule has 0 saturated carbocycles. The van der Waals surface area contributed by atoms with Gasteiger partial charge in [0, 0.05) is 30.8 Å². The van der Waals surface area contributed by atoms with E-state index < -0.39 is 6.61 Å². The summed E-state index contributed by atoms with van der Waals surface area (Å²) >= 11 is 0. The monoisotopic (exact) mass is 349 g/mol. The molecular weight excluding hydrogens is 332 g/mol. The summed E-state index contributed by atoms with van der Waals surface area (Å²) in [6.07, 6.45) is 2.02. The second-order valence-corrected chi connectivity index (χ2v) is 5.44. The first-order valence-electron chi connectivity index (χ1n) is 7.77. The number of alkyl halides is 2. The molecule has 0 aliphatic carbocycles. The SMILES string of the molecule is O=C(NCc1ccnc(OC(F)F)c1)N[C@@H]1CCOc2ccccc21. The molecule has 1 aliphatic rings. The Balaban J connectivity index is 1.55. The molecule has 8 heteroatoms. The third kappa shape index (κ3) is 4.56. The van der Waals surface area contributed by atoms with Gasteiger partial charge in [0.05, 0.1) is 12.6 Å². The number of benzene rings is 1. The van der Waals surface area contributed by atoms with Crippen LogP contribution < -0.4 is 20.1 Å². The molecule has 132 valence electrons. The molecule has 6 nitrogen and oxygen atoms in total. The molecule has 1 atom stereocenters. The van der Waals surface area contributed by atoms with Gasteiger partial charge in [-0.1, -0.05) is 18.2 Å². The summed E-state index contributed by atoms with van der Waals surface area (Å²) in [6.45, 7) is -2.24. The minimum atomic E-state index is -2.94. The van der Waals surface area contributed by atoms with Crippen molar-refractivity contribution in [3.8, 4) is 11.6 Å². The van der Waals surface area contributed by atoms with Crippen LogP contribution in [0.4, 0.5) is 13.6 Å². The van der Waals surface area contributed by atoms with Gasteiger partial charge in [-0.25, -0.2) is 9.78 Å². The summed E-state index contributed by atoms with van der Waals surface area (Å²) in [5.74, 6) is 0.579. The molecule has 0 unspecified atom stereocenters. The zero-order valence-corrected chi connectivity index (χ0v) is 13.2. The fraction of sp³-hybridized carbons (Fsp3) is 0.294. The van der Waals surface area contributed by atoms with E-state index >= 15 is 0 Å². The lowest BCUT2D eigenvalue weighted by atomic mass is 10.0. The number of pyridine rings is 1. The van der Waals surface area contributed by atoms with Crippen LogP contribution >= 0.6 is 0 Å². The number of para-hydroxylation sites is 1. The molecular formula is C17H17F2N3O3. The Morgan fingerprint density at radius 3 is 3.04 bits per heavy atom. The highest BCUT2D eigenvalue weighted by atomic mass is 19.3. The molecule has 3 rings (SSSR count). The first-order chi connectivity index (χ1) is 12.1. The third-order valence-electron chi connectivity index (χ3n) is 3.73. The fourth-order valence-electron chi connectivity index (χ4n) is 2.60. The molecule has 2 amide bonds. The van der Waals surface area contributed by atoms with Gasteiger partial charge in [-0.3, -0.25) is 0 Å².